The molecule has 15 heavy (non-hydrogen) atoms. The first kappa shape index (κ1) is 10.5. The van der Waals surface area contributed by atoms with Gasteiger partial charge in [-0.25, -0.2) is 0 Å². The Morgan fingerprint density at radius 2 is 2.27 bits per heavy atom. The molecule has 0 bridgehead atoms. The van der Waals surface area contributed by atoms with Crippen LogP contribution in [0.3, 0.4) is 0 Å². The summed E-state index contributed by atoms with van der Waals surface area (Å²) in [5.41, 5.74) is 3.54. The summed E-state index contributed by atoms with van der Waals surface area (Å²) in [4.78, 5) is 0. The summed E-state index contributed by atoms with van der Waals surface area (Å²) in [5.74, 6) is 0.517. The molecule has 1 atom stereocenters. The van der Waals surface area contributed by atoms with Crippen molar-refractivity contribution in [3.8, 4) is 0 Å². The van der Waals surface area contributed by atoms with E-state index in [0.29, 0.717) is 5.92 Å². The number of fused-ring (bicyclic) bond motifs is 1. The molecular weight excluding hydrogens is 208 g/mol. The van der Waals surface area contributed by atoms with Crippen LogP contribution in [0.15, 0.2) is 12.3 Å². The van der Waals surface area contributed by atoms with Crippen LogP contribution in [0.1, 0.15) is 37.3 Å². The van der Waals surface area contributed by atoms with Gasteiger partial charge < -0.3 is 0 Å². The number of hydrogen-bond donors (Lipinski definition) is 1. The first-order valence-corrected chi connectivity index (χ1v) is 5.65. The van der Waals surface area contributed by atoms with Gasteiger partial charge in [-0.05, 0) is 36.5 Å². The van der Waals surface area contributed by atoms with E-state index in [-0.39, 0.29) is 0 Å². The zero-order valence-electron chi connectivity index (χ0n) is 9.26. The molecule has 0 aliphatic carbocycles. The minimum Gasteiger partial charge on any atom is -0.278 e. The molecule has 80 valence electrons. The maximum absolute atomic E-state index is 6.20. The summed E-state index contributed by atoms with van der Waals surface area (Å²) < 4.78 is 0. The SMILES string of the molecule is CCC(C)c1c(C)c(Cl)cc2[nH]ncc12. The number of hydrogen-bond acceptors (Lipinski definition) is 1. The lowest BCUT2D eigenvalue weighted by Gasteiger charge is -2.15. The molecule has 1 unspecified atom stereocenters. The standard InChI is InChI=1S/C12H15ClN2/c1-4-7(2)12-8(3)10(13)5-11-9(12)6-14-15-11/h5-7H,4H2,1-3H3,(H,14,15). The van der Waals surface area contributed by atoms with Gasteiger partial charge in [0.05, 0.1) is 11.7 Å². The van der Waals surface area contributed by atoms with Crippen molar-refractivity contribution in [3.05, 3.63) is 28.4 Å². The molecule has 0 amide bonds. The molecule has 0 saturated heterocycles. The minimum absolute atomic E-state index is 0.517. The molecule has 1 aromatic heterocycles. The van der Waals surface area contributed by atoms with Crippen molar-refractivity contribution in [2.75, 3.05) is 0 Å². The summed E-state index contributed by atoms with van der Waals surface area (Å²) in [5, 5.41) is 9.07. The highest BCUT2D eigenvalue weighted by molar-refractivity contribution is 6.32. The van der Waals surface area contributed by atoms with Gasteiger partial charge in [0.25, 0.3) is 0 Å². The van der Waals surface area contributed by atoms with Crippen LogP contribution in [0.5, 0.6) is 0 Å². The van der Waals surface area contributed by atoms with Crippen LogP contribution in [-0.2, 0) is 0 Å². The Hall–Kier alpha value is -1.02. The van der Waals surface area contributed by atoms with Crippen LogP contribution in [0.4, 0.5) is 0 Å². The largest absolute Gasteiger partial charge is 0.278 e. The second kappa shape index (κ2) is 3.86. The lowest BCUT2D eigenvalue weighted by atomic mass is 9.91. The number of aromatic amines is 1. The Bertz CT molecular complexity index is 488. The topological polar surface area (TPSA) is 28.7 Å². The second-order valence-corrected chi connectivity index (χ2v) is 4.44. The molecule has 2 rings (SSSR count). The van der Waals surface area contributed by atoms with Gasteiger partial charge in [0.15, 0.2) is 0 Å². The second-order valence-electron chi connectivity index (χ2n) is 4.04. The van der Waals surface area contributed by atoms with Gasteiger partial charge in [0, 0.05) is 10.4 Å². The van der Waals surface area contributed by atoms with E-state index in [0.717, 1.165) is 17.0 Å². The number of H-pyrrole nitrogens is 1. The third kappa shape index (κ3) is 1.63. The van der Waals surface area contributed by atoms with Crippen molar-refractivity contribution in [1.29, 1.82) is 0 Å². The zero-order chi connectivity index (χ0) is 11.0. The third-order valence-electron chi connectivity index (χ3n) is 3.10. The van der Waals surface area contributed by atoms with Crippen molar-refractivity contribution in [2.24, 2.45) is 0 Å². The van der Waals surface area contributed by atoms with Crippen molar-refractivity contribution in [3.63, 3.8) is 0 Å². The van der Waals surface area contributed by atoms with E-state index in [1.807, 2.05) is 12.3 Å². The van der Waals surface area contributed by atoms with Gasteiger partial charge in [-0.2, -0.15) is 5.10 Å². The van der Waals surface area contributed by atoms with E-state index < -0.39 is 0 Å². The van der Waals surface area contributed by atoms with Gasteiger partial charge in [-0.3, -0.25) is 5.10 Å². The Balaban J connectivity index is 2.77. The first-order valence-electron chi connectivity index (χ1n) is 5.27. The Labute approximate surface area is 94.6 Å². The van der Waals surface area contributed by atoms with Crippen molar-refractivity contribution in [1.82, 2.24) is 10.2 Å². The molecule has 1 aromatic carbocycles. The monoisotopic (exact) mass is 222 g/mol. The number of nitrogens with zero attached hydrogens (tertiary/aromatic N) is 1. The van der Waals surface area contributed by atoms with Gasteiger partial charge in [-0.1, -0.05) is 25.4 Å². The van der Waals surface area contributed by atoms with Crippen molar-refractivity contribution < 1.29 is 0 Å². The number of benzene rings is 1. The average molecular weight is 223 g/mol. The number of halogens is 1. The van der Waals surface area contributed by atoms with E-state index in [9.17, 15) is 0 Å². The predicted molar refractivity (Wildman–Crippen MR) is 64.5 cm³/mol. The van der Waals surface area contributed by atoms with Gasteiger partial charge in [0.1, 0.15) is 0 Å². The molecule has 2 nitrogen and oxygen atoms in total. The van der Waals surface area contributed by atoms with Gasteiger partial charge >= 0.3 is 0 Å². The van der Waals surface area contributed by atoms with Crippen LogP contribution in [0, 0.1) is 6.92 Å². The van der Waals surface area contributed by atoms with Crippen LogP contribution in [0.2, 0.25) is 5.02 Å². The molecule has 0 aliphatic heterocycles. The molecule has 0 fully saturated rings. The maximum atomic E-state index is 6.20. The average Bonchev–Trinajstić information content (AvgIpc) is 2.66. The number of rotatable bonds is 2. The highest BCUT2D eigenvalue weighted by Crippen LogP contribution is 2.33. The summed E-state index contributed by atoms with van der Waals surface area (Å²) in [6.07, 6.45) is 3.00. The van der Waals surface area contributed by atoms with E-state index in [4.69, 9.17) is 11.6 Å². The summed E-state index contributed by atoms with van der Waals surface area (Å²) in [6.45, 7) is 6.50. The number of nitrogens with one attached hydrogen (secondary N) is 1. The normalized spacial score (nSPS) is 13.3. The minimum atomic E-state index is 0.517. The van der Waals surface area contributed by atoms with E-state index in [2.05, 4.69) is 31.0 Å². The van der Waals surface area contributed by atoms with Crippen molar-refractivity contribution >= 4 is 22.5 Å². The molecule has 1 N–H and O–H groups in total. The Morgan fingerprint density at radius 1 is 1.53 bits per heavy atom. The van der Waals surface area contributed by atoms with Crippen LogP contribution in [0.25, 0.3) is 10.9 Å². The van der Waals surface area contributed by atoms with Crippen LogP contribution in [-0.4, -0.2) is 10.2 Å². The fraction of sp³-hybridized carbons (Fsp3) is 0.417. The smallest absolute Gasteiger partial charge is 0.0668 e. The molecule has 1 heterocycles. The summed E-state index contributed by atoms with van der Waals surface area (Å²) in [7, 11) is 0. The lowest BCUT2D eigenvalue weighted by molar-refractivity contribution is 0.734. The van der Waals surface area contributed by atoms with E-state index in [1.165, 1.54) is 16.5 Å². The zero-order valence-corrected chi connectivity index (χ0v) is 10.0. The fourth-order valence-electron chi connectivity index (χ4n) is 2.03. The lowest BCUT2D eigenvalue weighted by Crippen LogP contribution is -1.96. The molecular formula is C12H15ClN2. The molecule has 0 spiro atoms. The van der Waals surface area contributed by atoms with Gasteiger partial charge in [-0.15, -0.1) is 0 Å². The van der Waals surface area contributed by atoms with Crippen LogP contribution < -0.4 is 0 Å². The Morgan fingerprint density at radius 3 is 2.93 bits per heavy atom. The molecule has 3 heteroatoms. The molecule has 0 saturated carbocycles. The van der Waals surface area contributed by atoms with Crippen LogP contribution >= 0.6 is 11.6 Å². The van der Waals surface area contributed by atoms with E-state index in [1.54, 1.807) is 0 Å². The van der Waals surface area contributed by atoms with Crippen molar-refractivity contribution in [2.45, 2.75) is 33.1 Å². The number of aromatic nitrogens is 2. The highest BCUT2D eigenvalue weighted by Gasteiger charge is 2.14. The molecule has 0 aliphatic rings. The molecule has 0 radical (unpaired) electrons. The van der Waals surface area contributed by atoms with E-state index >= 15 is 0 Å². The fourth-order valence-corrected chi connectivity index (χ4v) is 2.24. The van der Waals surface area contributed by atoms with Gasteiger partial charge in [0.2, 0.25) is 0 Å². The molecule has 2 aromatic rings. The third-order valence-corrected chi connectivity index (χ3v) is 3.49. The first-order chi connectivity index (χ1) is 7.15. The summed E-state index contributed by atoms with van der Waals surface area (Å²) >= 11 is 6.20. The predicted octanol–water partition coefficient (Wildman–Crippen LogP) is 4.04. The summed E-state index contributed by atoms with van der Waals surface area (Å²) in [6, 6.07) is 1.95. The Kier molecular flexibility index (Phi) is 2.70. The maximum Gasteiger partial charge on any atom is 0.0668 e. The highest BCUT2D eigenvalue weighted by atomic mass is 35.5. The quantitative estimate of drug-likeness (QED) is 0.817.